The van der Waals surface area contributed by atoms with Crippen LogP contribution in [0.5, 0.6) is 0 Å². The molecular formula is C24H22N4O4. The van der Waals surface area contributed by atoms with Gasteiger partial charge in [-0.15, -0.1) is 0 Å². The van der Waals surface area contributed by atoms with E-state index in [0.717, 1.165) is 20.9 Å². The fourth-order valence-electron chi connectivity index (χ4n) is 5.07. The first-order chi connectivity index (χ1) is 15.4. The van der Waals surface area contributed by atoms with Gasteiger partial charge in [-0.3, -0.25) is 19.4 Å². The van der Waals surface area contributed by atoms with Crippen LogP contribution in [0.1, 0.15) is 34.3 Å². The molecule has 1 aromatic heterocycles. The number of hydrogen-bond donors (Lipinski definition) is 1. The maximum absolute atomic E-state index is 14.0. The molecular weight excluding hydrogens is 408 g/mol. The lowest BCUT2D eigenvalue weighted by atomic mass is 9.59. The highest BCUT2D eigenvalue weighted by atomic mass is 16.5. The molecule has 0 aliphatic carbocycles. The number of nitrogens with one attached hydrogen (secondary N) is 1. The highest BCUT2D eigenvalue weighted by Gasteiger charge is 2.67. The van der Waals surface area contributed by atoms with Crippen molar-refractivity contribution < 1.29 is 18.9 Å². The van der Waals surface area contributed by atoms with Crippen molar-refractivity contribution in [3.05, 3.63) is 83.0 Å². The quantitative estimate of drug-likeness (QED) is 0.627. The van der Waals surface area contributed by atoms with Crippen LogP contribution in [0.25, 0.3) is 0 Å². The Hall–Kier alpha value is -3.94. The van der Waals surface area contributed by atoms with E-state index in [0.29, 0.717) is 17.1 Å². The maximum Gasteiger partial charge on any atom is 0.332 e. The van der Waals surface area contributed by atoms with Gasteiger partial charge in [-0.05, 0) is 18.1 Å². The Morgan fingerprint density at radius 2 is 1.41 bits per heavy atom. The number of imide groups is 2. The molecule has 0 bridgehead atoms. The van der Waals surface area contributed by atoms with E-state index in [4.69, 9.17) is 4.52 Å². The van der Waals surface area contributed by atoms with Crippen LogP contribution in [0.15, 0.2) is 65.2 Å². The minimum atomic E-state index is -1.66. The Bertz CT molecular complexity index is 1200. The van der Waals surface area contributed by atoms with Crippen molar-refractivity contribution in [3.8, 4) is 0 Å². The second-order valence-corrected chi connectivity index (χ2v) is 8.22. The van der Waals surface area contributed by atoms with Crippen molar-refractivity contribution in [1.82, 2.24) is 15.0 Å². The first-order valence-electron chi connectivity index (χ1n) is 10.3. The molecule has 1 spiro atoms. The van der Waals surface area contributed by atoms with E-state index in [1.165, 1.54) is 14.1 Å². The molecule has 8 heteroatoms. The van der Waals surface area contributed by atoms with Crippen LogP contribution < -0.4 is 5.32 Å². The van der Waals surface area contributed by atoms with Crippen molar-refractivity contribution in [2.45, 2.75) is 18.9 Å². The van der Waals surface area contributed by atoms with E-state index in [-0.39, 0.29) is 0 Å². The van der Waals surface area contributed by atoms with Gasteiger partial charge in [0, 0.05) is 25.6 Å². The van der Waals surface area contributed by atoms with Gasteiger partial charge in [0.2, 0.25) is 17.7 Å². The van der Waals surface area contributed by atoms with Crippen LogP contribution in [0.2, 0.25) is 0 Å². The molecule has 4 amide bonds. The summed E-state index contributed by atoms with van der Waals surface area (Å²) in [4.78, 5) is 42.8. The molecule has 1 fully saturated rings. The van der Waals surface area contributed by atoms with Gasteiger partial charge in [0.05, 0.1) is 11.7 Å². The summed E-state index contributed by atoms with van der Waals surface area (Å²) in [6.45, 7) is 1.78. The van der Waals surface area contributed by atoms with E-state index in [2.05, 4.69) is 10.5 Å². The molecule has 2 aliphatic rings. The van der Waals surface area contributed by atoms with Gasteiger partial charge in [-0.1, -0.05) is 65.8 Å². The molecule has 162 valence electrons. The number of carbonyl (C=O) groups excluding carboxylic acids is 3. The van der Waals surface area contributed by atoms with Crippen LogP contribution in [-0.4, -0.2) is 46.9 Å². The molecule has 2 unspecified atom stereocenters. The Morgan fingerprint density at radius 1 is 0.875 bits per heavy atom. The average molecular weight is 430 g/mol. The topological polar surface area (TPSA) is 95.8 Å². The Balaban J connectivity index is 1.89. The Morgan fingerprint density at radius 3 is 1.97 bits per heavy atom. The van der Waals surface area contributed by atoms with E-state index < -0.39 is 35.2 Å². The monoisotopic (exact) mass is 430 g/mol. The molecule has 2 atom stereocenters. The number of aromatic nitrogens is 1. The number of rotatable bonds is 2. The predicted octanol–water partition coefficient (Wildman–Crippen LogP) is 3.32. The minimum absolute atomic E-state index is 0.415. The minimum Gasteiger partial charge on any atom is -0.345 e. The number of fused-ring (bicyclic) bond motifs is 1. The molecule has 2 aliphatic heterocycles. The van der Waals surface area contributed by atoms with Crippen LogP contribution in [0, 0.1) is 12.3 Å². The third-order valence-electron chi connectivity index (χ3n) is 6.54. The number of amides is 4. The van der Waals surface area contributed by atoms with E-state index in [1.54, 1.807) is 6.92 Å². The third kappa shape index (κ3) is 2.49. The first kappa shape index (κ1) is 20.0. The zero-order chi connectivity index (χ0) is 22.6. The molecule has 1 N–H and O–H groups in total. The molecule has 3 aromatic rings. The Kier molecular flexibility index (Phi) is 4.40. The van der Waals surface area contributed by atoms with E-state index >= 15 is 0 Å². The SMILES string of the molecule is Cc1noc2c1C(c1ccccc1)C1(C(=O)N(C)C(=O)N(C)C1=O)C(c1ccccc1)N2. The summed E-state index contributed by atoms with van der Waals surface area (Å²) in [6.07, 6.45) is 0. The second kappa shape index (κ2) is 7.05. The second-order valence-electron chi connectivity index (χ2n) is 8.22. The molecule has 32 heavy (non-hydrogen) atoms. The van der Waals surface area contributed by atoms with Gasteiger partial charge >= 0.3 is 6.03 Å². The number of benzene rings is 2. The highest BCUT2D eigenvalue weighted by molar-refractivity contribution is 6.20. The summed E-state index contributed by atoms with van der Waals surface area (Å²) in [5, 5.41) is 7.40. The molecule has 5 rings (SSSR count). The van der Waals surface area contributed by atoms with E-state index in [9.17, 15) is 14.4 Å². The van der Waals surface area contributed by atoms with Crippen molar-refractivity contribution in [2.24, 2.45) is 5.41 Å². The summed E-state index contributed by atoms with van der Waals surface area (Å²) in [6, 6.07) is 17.2. The summed E-state index contributed by atoms with van der Waals surface area (Å²) in [7, 11) is 2.82. The number of carbonyl (C=O) groups is 3. The maximum atomic E-state index is 14.0. The summed E-state index contributed by atoms with van der Waals surface area (Å²) in [5.41, 5.74) is 1.05. The smallest absolute Gasteiger partial charge is 0.332 e. The lowest BCUT2D eigenvalue weighted by Gasteiger charge is -2.51. The van der Waals surface area contributed by atoms with Gasteiger partial charge < -0.3 is 9.84 Å². The summed E-state index contributed by atoms with van der Waals surface area (Å²) >= 11 is 0. The number of anilines is 1. The number of aryl methyl sites for hydroxylation is 1. The van der Waals surface area contributed by atoms with Crippen LogP contribution in [0.4, 0.5) is 10.7 Å². The standard InChI is InChI=1S/C24H22N4O4/c1-14-17-18(15-10-6-4-7-11-15)24(21(29)27(2)23(31)28(3)22(24)30)19(25-20(17)32-26-14)16-12-8-5-9-13-16/h4-13,18-19,25H,1-3H3. The molecule has 2 aromatic carbocycles. The van der Waals surface area contributed by atoms with Gasteiger partial charge in [-0.2, -0.15) is 0 Å². The van der Waals surface area contributed by atoms with Gasteiger partial charge in [-0.25, -0.2) is 4.79 Å². The normalized spacial score (nSPS) is 22.2. The largest absolute Gasteiger partial charge is 0.345 e. The number of barbiturate groups is 1. The number of nitrogens with zero attached hydrogens (tertiary/aromatic N) is 3. The zero-order valence-electron chi connectivity index (χ0n) is 17.9. The predicted molar refractivity (Wildman–Crippen MR) is 116 cm³/mol. The fourth-order valence-corrected chi connectivity index (χ4v) is 5.07. The van der Waals surface area contributed by atoms with Crippen molar-refractivity contribution in [3.63, 3.8) is 0 Å². The lowest BCUT2D eigenvalue weighted by Crippen LogP contribution is -2.68. The molecule has 1 saturated heterocycles. The van der Waals surface area contributed by atoms with Gasteiger partial charge in [0.15, 0.2) is 5.41 Å². The van der Waals surface area contributed by atoms with Gasteiger partial charge in [0.25, 0.3) is 0 Å². The molecule has 0 saturated carbocycles. The fraction of sp³-hybridized carbons (Fsp3) is 0.250. The first-order valence-corrected chi connectivity index (χ1v) is 10.3. The molecule has 0 radical (unpaired) electrons. The van der Waals surface area contributed by atoms with Crippen LogP contribution >= 0.6 is 0 Å². The third-order valence-corrected chi connectivity index (χ3v) is 6.54. The summed E-state index contributed by atoms with van der Waals surface area (Å²) in [5.74, 6) is -1.42. The Labute approximate surface area is 184 Å². The zero-order valence-corrected chi connectivity index (χ0v) is 17.9. The van der Waals surface area contributed by atoms with Gasteiger partial charge in [0.1, 0.15) is 0 Å². The van der Waals surface area contributed by atoms with Crippen LogP contribution in [0.3, 0.4) is 0 Å². The van der Waals surface area contributed by atoms with Crippen molar-refractivity contribution in [1.29, 1.82) is 0 Å². The number of hydrogen-bond acceptors (Lipinski definition) is 6. The van der Waals surface area contributed by atoms with Crippen molar-refractivity contribution in [2.75, 3.05) is 19.4 Å². The highest BCUT2D eigenvalue weighted by Crippen LogP contribution is 2.59. The van der Waals surface area contributed by atoms with E-state index in [1.807, 2.05) is 60.7 Å². The average Bonchev–Trinajstić information content (AvgIpc) is 3.20. The molecule has 3 heterocycles. The molecule has 8 nitrogen and oxygen atoms in total. The van der Waals surface area contributed by atoms with Crippen molar-refractivity contribution >= 4 is 23.7 Å². The van der Waals surface area contributed by atoms with Crippen LogP contribution in [-0.2, 0) is 9.59 Å². The number of urea groups is 1. The lowest BCUT2D eigenvalue weighted by molar-refractivity contribution is -0.160. The summed E-state index contributed by atoms with van der Waals surface area (Å²) < 4.78 is 5.59.